The van der Waals surface area contributed by atoms with Gasteiger partial charge in [-0.1, -0.05) is 5.21 Å². The van der Waals surface area contributed by atoms with Crippen LogP contribution in [0.1, 0.15) is 0 Å². The van der Waals surface area contributed by atoms with Crippen molar-refractivity contribution in [3.63, 3.8) is 0 Å². The quantitative estimate of drug-likeness (QED) is 0.867. The number of hydrogen-bond donors (Lipinski definition) is 1. The van der Waals surface area contributed by atoms with E-state index in [4.69, 9.17) is 14.6 Å². The number of carboxylic acid groups (broad SMARTS) is 1. The summed E-state index contributed by atoms with van der Waals surface area (Å²) in [5.41, 5.74) is 1.35. The lowest BCUT2D eigenvalue weighted by Crippen LogP contribution is -2.11. The summed E-state index contributed by atoms with van der Waals surface area (Å²) < 4.78 is 11.7. The number of aliphatic carboxylic acids is 1. The van der Waals surface area contributed by atoms with Gasteiger partial charge in [-0.05, 0) is 18.2 Å². The number of methoxy groups -OCH3 is 2. The van der Waals surface area contributed by atoms with Crippen LogP contribution in [0.2, 0.25) is 0 Å². The molecule has 0 saturated heterocycles. The fourth-order valence-electron chi connectivity index (χ4n) is 1.72. The first-order valence-electron chi connectivity index (χ1n) is 5.48. The molecule has 1 heterocycles. The van der Waals surface area contributed by atoms with Crippen LogP contribution in [0.4, 0.5) is 0 Å². The van der Waals surface area contributed by atoms with Crippen molar-refractivity contribution in [3.8, 4) is 22.8 Å². The zero-order valence-corrected chi connectivity index (χ0v) is 10.5. The van der Waals surface area contributed by atoms with Crippen LogP contribution in [-0.4, -0.2) is 40.3 Å². The van der Waals surface area contributed by atoms with Crippen LogP contribution in [0.25, 0.3) is 11.3 Å². The second-order valence-electron chi connectivity index (χ2n) is 3.74. The van der Waals surface area contributed by atoms with Gasteiger partial charge in [0.25, 0.3) is 0 Å². The maximum absolute atomic E-state index is 10.7. The van der Waals surface area contributed by atoms with Crippen molar-refractivity contribution in [2.24, 2.45) is 0 Å². The average Bonchev–Trinajstić information content (AvgIpc) is 2.85. The number of carboxylic acids is 1. The fraction of sp³-hybridized carbons (Fsp3) is 0.250. The van der Waals surface area contributed by atoms with E-state index >= 15 is 0 Å². The molecule has 1 aromatic heterocycles. The van der Waals surface area contributed by atoms with E-state index in [0.29, 0.717) is 17.2 Å². The van der Waals surface area contributed by atoms with Crippen LogP contribution < -0.4 is 9.47 Å². The summed E-state index contributed by atoms with van der Waals surface area (Å²) in [5.74, 6) is 0.179. The van der Waals surface area contributed by atoms with Gasteiger partial charge in [-0.15, -0.1) is 5.10 Å². The first-order valence-corrected chi connectivity index (χ1v) is 5.48. The number of aromatic nitrogens is 3. The Morgan fingerprint density at radius 2 is 2.05 bits per heavy atom. The van der Waals surface area contributed by atoms with E-state index in [1.54, 1.807) is 25.3 Å². The SMILES string of the molecule is COc1ccc(-c2cnnn2CC(=O)O)cc1OC. The van der Waals surface area contributed by atoms with Crippen LogP contribution in [-0.2, 0) is 11.3 Å². The maximum atomic E-state index is 10.7. The second kappa shape index (κ2) is 5.38. The van der Waals surface area contributed by atoms with Crippen molar-refractivity contribution in [3.05, 3.63) is 24.4 Å². The summed E-state index contributed by atoms with van der Waals surface area (Å²) in [5, 5.41) is 16.3. The molecule has 2 rings (SSSR count). The van der Waals surface area contributed by atoms with Gasteiger partial charge in [0.15, 0.2) is 11.5 Å². The topological polar surface area (TPSA) is 86.5 Å². The summed E-state index contributed by atoms with van der Waals surface area (Å²) in [6.45, 7) is -0.246. The number of benzene rings is 1. The highest BCUT2D eigenvalue weighted by Gasteiger charge is 2.12. The Kier molecular flexibility index (Phi) is 3.65. The standard InChI is InChI=1S/C12H13N3O4/c1-18-10-4-3-8(5-11(10)19-2)9-6-13-14-15(9)7-12(16)17/h3-6H,7H2,1-2H3,(H,16,17). The highest BCUT2D eigenvalue weighted by molar-refractivity contribution is 5.69. The van der Waals surface area contributed by atoms with Crippen molar-refractivity contribution in [2.45, 2.75) is 6.54 Å². The summed E-state index contributed by atoms with van der Waals surface area (Å²) in [4.78, 5) is 10.7. The van der Waals surface area contributed by atoms with Gasteiger partial charge in [-0.3, -0.25) is 4.79 Å². The maximum Gasteiger partial charge on any atom is 0.325 e. The highest BCUT2D eigenvalue weighted by atomic mass is 16.5. The molecule has 1 N–H and O–H groups in total. The molecule has 0 atom stereocenters. The van der Waals surface area contributed by atoms with E-state index in [2.05, 4.69) is 10.3 Å². The normalized spacial score (nSPS) is 10.2. The number of ether oxygens (including phenoxy) is 2. The van der Waals surface area contributed by atoms with Crippen LogP contribution in [0.3, 0.4) is 0 Å². The van der Waals surface area contributed by atoms with Crippen LogP contribution in [0.5, 0.6) is 11.5 Å². The lowest BCUT2D eigenvalue weighted by atomic mass is 10.1. The van der Waals surface area contributed by atoms with Gasteiger partial charge in [0.1, 0.15) is 6.54 Å². The van der Waals surface area contributed by atoms with Gasteiger partial charge in [-0.25, -0.2) is 4.68 Å². The molecule has 0 spiro atoms. The fourth-order valence-corrected chi connectivity index (χ4v) is 1.72. The van der Waals surface area contributed by atoms with Crippen molar-refractivity contribution < 1.29 is 19.4 Å². The molecule has 0 bridgehead atoms. The van der Waals surface area contributed by atoms with Crippen molar-refractivity contribution in [2.75, 3.05) is 14.2 Å². The summed E-state index contributed by atoms with van der Waals surface area (Å²) in [7, 11) is 3.09. The van der Waals surface area contributed by atoms with Crippen LogP contribution in [0.15, 0.2) is 24.4 Å². The van der Waals surface area contributed by atoms with Crippen molar-refractivity contribution in [1.29, 1.82) is 0 Å². The third kappa shape index (κ3) is 2.65. The Balaban J connectivity index is 2.42. The molecule has 0 fully saturated rings. The number of rotatable bonds is 5. The molecule has 0 aliphatic heterocycles. The zero-order valence-electron chi connectivity index (χ0n) is 10.5. The molecule has 7 heteroatoms. The Bertz CT molecular complexity index is 594. The van der Waals surface area contributed by atoms with E-state index < -0.39 is 5.97 Å². The van der Waals surface area contributed by atoms with E-state index in [9.17, 15) is 4.79 Å². The minimum absolute atomic E-state index is 0.246. The number of hydrogen-bond acceptors (Lipinski definition) is 5. The van der Waals surface area contributed by atoms with Gasteiger partial charge in [0, 0.05) is 5.56 Å². The van der Waals surface area contributed by atoms with E-state index in [1.165, 1.54) is 18.0 Å². The molecular weight excluding hydrogens is 250 g/mol. The number of carbonyl (C=O) groups is 1. The predicted octanol–water partition coefficient (Wildman–Crippen LogP) is 1.05. The second-order valence-corrected chi connectivity index (χ2v) is 3.74. The van der Waals surface area contributed by atoms with Gasteiger partial charge in [0.2, 0.25) is 0 Å². The molecule has 1 aromatic carbocycles. The first-order chi connectivity index (χ1) is 9.15. The Labute approximate surface area is 109 Å². The summed E-state index contributed by atoms with van der Waals surface area (Å²) in [6, 6.07) is 5.28. The van der Waals surface area contributed by atoms with Gasteiger partial charge in [0.05, 0.1) is 26.1 Å². The summed E-state index contributed by atoms with van der Waals surface area (Å²) in [6.07, 6.45) is 1.50. The van der Waals surface area contributed by atoms with E-state index in [1.807, 2.05) is 0 Å². The molecule has 19 heavy (non-hydrogen) atoms. The molecule has 0 radical (unpaired) electrons. The molecule has 0 unspecified atom stereocenters. The average molecular weight is 263 g/mol. The smallest absolute Gasteiger partial charge is 0.325 e. The largest absolute Gasteiger partial charge is 0.493 e. The molecule has 7 nitrogen and oxygen atoms in total. The van der Waals surface area contributed by atoms with Crippen LogP contribution in [0, 0.1) is 0 Å². The van der Waals surface area contributed by atoms with Gasteiger partial charge < -0.3 is 14.6 Å². The Morgan fingerprint density at radius 3 is 2.68 bits per heavy atom. The molecule has 0 aliphatic carbocycles. The van der Waals surface area contributed by atoms with Crippen LogP contribution >= 0.6 is 0 Å². The van der Waals surface area contributed by atoms with Crippen molar-refractivity contribution >= 4 is 5.97 Å². The lowest BCUT2D eigenvalue weighted by molar-refractivity contribution is -0.137. The highest BCUT2D eigenvalue weighted by Crippen LogP contribution is 2.31. The van der Waals surface area contributed by atoms with E-state index in [0.717, 1.165) is 5.56 Å². The van der Waals surface area contributed by atoms with Crippen molar-refractivity contribution in [1.82, 2.24) is 15.0 Å². The molecule has 100 valence electrons. The summed E-state index contributed by atoms with van der Waals surface area (Å²) >= 11 is 0. The molecule has 0 saturated carbocycles. The molecule has 0 amide bonds. The monoisotopic (exact) mass is 263 g/mol. The molecule has 2 aromatic rings. The molecule has 0 aliphatic rings. The van der Waals surface area contributed by atoms with Gasteiger partial charge >= 0.3 is 5.97 Å². The lowest BCUT2D eigenvalue weighted by Gasteiger charge is -2.09. The first kappa shape index (κ1) is 12.9. The minimum Gasteiger partial charge on any atom is -0.493 e. The third-order valence-corrected chi connectivity index (χ3v) is 2.58. The number of nitrogens with zero attached hydrogens (tertiary/aromatic N) is 3. The Hall–Kier alpha value is -2.57. The zero-order chi connectivity index (χ0) is 13.8. The third-order valence-electron chi connectivity index (χ3n) is 2.58. The van der Waals surface area contributed by atoms with Gasteiger partial charge in [-0.2, -0.15) is 0 Å². The minimum atomic E-state index is -0.979. The Morgan fingerprint density at radius 1 is 1.32 bits per heavy atom. The molecular formula is C12H13N3O4. The predicted molar refractivity (Wildman–Crippen MR) is 66.2 cm³/mol. The van der Waals surface area contributed by atoms with E-state index in [-0.39, 0.29) is 6.54 Å².